The van der Waals surface area contributed by atoms with Crippen molar-refractivity contribution in [3.05, 3.63) is 58.4 Å². The second kappa shape index (κ2) is 6.64. The molecule has 0 fully saturated rings. The standard InChI is InChI=1S/C18H15N3O4S/c1-24-15-7-10-11(18-19-4-6-26-18)8-16(22)20-12(10)9-13(15)21-17(23)14-3-2-5-25-14/h2-7,9,11H,8H2,1H3,(H,20,22)(H,21,23)/t11-/m1/s1. The van der Waals surface area contributed by atoms with Crippen molar-refractivity contribution < 1.29 is 18.7 Å². The van der Waals surface area contributed by atoms with Crippen molar-refractivity contribution in [1.29, 1.82) is 0 Å². The van der Waals surface area contributed by atoms with E-state index in [1.165, 1.54) is 24.7 Å². The molecule has 2 amide bonds. The first-order chi connectivity index (χ1) is 12.7. The third-order valence-corrected chi connectivity index (χ3v) is 5.04. The van der Waals surface area contributed by atoms with E-state index in [0.717, 1.165) is 10.6 Å². The highest BCUT2D eigenvalue weighted by Gasteiger charge is 2.30. The van der Waals surface area contributed by atoms with Crippen LogP contribution in [0.1, 0.15) is 33.5 Å². The van der Waals surface area contributed by atoms with Crippen LogP contribution < -0.4 is 15.4 Å². The molecule has 0 unspecified atom stereocenters. The van der Waals surface area contributed by atoms with Gasteiger partial charge in [-0.05, 0) is 29.8 Å². The van der Waals surface area contributed by atoms with E-state index >= 15 is 0 Å². The van der Waals surface area contributed by atoms with Gasteiger partial charge in [0.2, 0.25) is 5.91 Å². The Morgan fingerprint density at radius 2 is 2.35 bits per heavy atom. The molecule has 0 radical (unpaired) electrons. The minimum absolute atomic E-state index is 0.0915. The quantitative estimate of drug-likeness (QED) is 0.734. The third kappa shape index (κ3) is 2.95. The summed E-state index contributed by atoms with van der Waals surface area (Å²) in [5, 5.41) is 8.37. The van der Waals surface area contributed by atoms with Gasteiger partial charge in [-0.3, -0.25) is 9.59 Å². The summed E-state index contributed by atoms with van der Waals surface area (Å²) in [6.45, 7) is 0. The SMILES string of the molecule is COc1cc2c(cc1NC(=O)c1ccco1)NC(=O)C[C@H]2c1nccs1. The average Bonchev–Trinajstić information content (AvgIpc) is 3.34. The lowest BCUT2D eigenvalue weighted by Gasteiger charge is -2.26. The number of fused-ring (bicyclic) bond motifs is 1. The van der Waals surface area contributed by atoms with Crippen molar-refractivity contribution in [3.63, 3.8) is 0 Å². The number of furan rings is 1. The van der Waals surface area contributed by atoms with Crippen molar-refractivity contribution >= 4 is 34.5 Å². The van der Waals surface area contributed by atoms with Gasteiger partial charge in [-0.25, -0.2) is 4.98 Å². The maximum absolute atomic E-state index is 12.3. The largest absolute Gasteiger partial charge is 0.495 e. The summed E-state index contributed by atoms with van der Waals surface area (Å²) in [5.74, 6) is 0.0661. The molecule has 132 valence electrons. The molecule has 1 aromatic carbocycles. The lowest BCUT2D eigenvalue weighted by Crippen LogP contribution is -2.24. The summed E-state index contributed by atoms with van der Waals surface area (Å²) in [6.07, 6.45) is 3.47. The number of ether oxygens (including phenoxy) is 1. The molecule has 0 saturated carbocycles. The number of rotatable bonds is 4. The second-order valence-electron chi connectivity index (χ2n) is 5.75. The number of methoxy groups -OCH3 is 1. The van der Waals surface area contributed by atoms with Gasteiger partial charge in [0.25, 0.3) is 5.91 Å². The van der Waals surface area contributed by atoms with E-state index in [4.69, 9.17) is 9.15 Å². The highest BCUT2D eigenvalue weighted by atomic mass is 32.1. The smallest absolute Gasteiger partial charge is 0.291 e. The Hall–Kier alpha value is -3.13. The normalized spacial score (nSPS) is 15.9. The van der Waals surface area contributed by atoms with Crippen molar-refractivity contribution in [1.82, 2.24) is 4.98 Å². The van der Waals surface area contributed by atoms with Gasteiger partial charge in [0.1, 0.15) is 10.8 Å². The van der Waals surface area contributed by atoms with Crippen LogP contribution in [0.4, 0.5) is 11.4 Å². The minimum atomic E-state index is -0.396. The lowest BCUT2D eigenvalue weighted by atomic mass is 9.90. The Labute approximate surface area is 153 Å². The molecule has 1 atom stereocenters. The van der Waals surface area contributed by atoms with Gasteiger partial charge < -0.3 is 19.8 Å². The maximum atomic E-state index is 12.3. The average molecular weight is 369 g/mol. The number of hydrogen-bond donors (Lipinski definition) is 2. The maximum Gasteiger partial charge on any atom is 0.291 e. The first-order valence-corrected chi connectivity index (χ1v) is 8.79. The van der Waals surface area contributed by atoms with Crippen LogP contribution in [0, 0.1) is 0 Å². The Morgan fingerprint density at radius 1 is 1.46 bits per heavy atom. The van der Waals surface area contributed by atoms with Gasteiger partial charge in [0, 0.05) is 29.6 Å². The molecule has 26 heavy (non-hydrogen) atoms. The van der Waals surface area contributed by atoms with Crippen LogP contribution >= 0.6 is 11.3 Å². The monoisotopic (exact) mass is 369 g/mol. The molecule has 4 rings (SSSR count). The van der Waals surface area contributed by atoms with Crippen molar-refractivity contribution in [2.45, 2.75) is 12.3 Å². The molecule has 1 aliphatic rings. The molecule has 3 aromatic rings. The van der Waals surface area contributed by atoms with E-state index in [-0.39, 0.29) is 17.6 Å². The van der Waals surface area contributed by atoms with Crippen LogP contribution in [0.2, 0.25) is 0 Å². The van der Waals surface area contributed by atoms with E-state index in [1.807, 2.05) is 11.4 Å². The molecule has 8 heteroatoms. The number of hydrogen-bond acceptors (Lipinski definition) is 6. The summed E-state index contributed by atoms with van der Waals surface area (Å²) in [6, 6.07) is 6.74. The van der Waals surface area contributed by atoms with Gasteiger partial charge in [0.05, 0.1) is 19.1 Å². The van der Waals surface area contributed by atoms with Crippen molar-refractivity contribution in [2.24, 2.45) is 0 Å². The fourth-order valence-corrected chi connectivity index (χ4v) is 3.73. The number of amides is 2. The second-order valence-corrected chi connectivity index (χ2v) is 6.67. The van der Waals surface area contributed by atoms with Crippen LogP contribution in [0.25, 0.3) is 0 Å². The predicted molar refractivity (Wildman–Crippen MR) is 96.9 cm³/mol. The van der Waals surface area contributed by atoms with Gasteiger partial charge in [0.15, 0.2) is 5.76 Å². The molecular weight excluding hydrogens is 354 g/mol. The van der Waals surface area contributed by atoms with Gasteiger partial charge in [-0.15, -0.1) is 11.3 Å². The molecule has 3 heterocycles. The van der Waals surface area contributed by atoms with E-state index in [2.05, 4.69) is 15.6 Å². The number of carbonyl (C=O) groups is 2. The Morgan fingerprint density at radius 3 is 3.04 bits per heavy atom. The zero-order valence-corrected chi connectivity index (χ0v) is 14.6. The van der Waals surface area contributed by atoms with Crippen LogP contribution in [-0.4, -0.2) is 23.9 Å². The number of nitrogens with zero attached hydrogens (tertiary/aromatic N) is 1. The number of benzene rings is 1. The molecule has 0 aliphatic carbocycles. The summed E-state index contributed by atoms with van der Waals surface area (Å²) in [4.78, 5) is 28.8. The van der Waals surface area contributed by atoms with Gasteiger partial charge in [-0.2, -0.15) is 0 Å². The molecule has 2 aromatic heterocycles. The molecule has 0 spiro atoms. The topological polar surface area (TPSA) is 93.5 Å². The number of aromatic nitrogens is 1. The van der Waals surface area contributed by atoms with E-state index < -0.39 is 5.91 Å². The summed E-state index contributed by atoms with van der Waals surface area (Å²) >= 11 is 1.51. The minimum Gasteiger partial charge on any atom is -0.495 e. The van der Waals surface area contributed by atoms with Crippen molar-refractivity contribution in [3.8, 4) is 5.75 Å². The van der Waals surface area contributed by atoms with Crippen LogP contribution in [0.3, 0.4) is 0 Å². The fraction of sp³-hybridized carbons (Fsp3) is 0.167. The molecule has 7 nitrogen and oxygen atoms in total. The first kappa shape index (κ1) is 16.3. The zero-order chi connectivity index (χ0) is 18.1. The van der Waals surface area contributed by atoms with Crippen LogP contribution in [-0.2, 0) is 4.79 Å². The number of thiazole rings is 1. The Bertz CT molecular complexity index is 951. The number of nitrogens with one attached hydrogen (secondary N) is 2. The molecule has 0 saturated heterocycles. The summed E-state index contributed by atoms with van der Waals surface area (Å²) in [7, 11) is 1.53. The molecule has 2 N–H and O–H groups in total. The molecule has 0 bridgehead atoms. The molecule has 1 aliphatic heterocycles. The van der Waals surface area contributed by atoms with E-state index in [9.17, 15) is 9.59 Å². The Kier molecular flexibility index (Phi) is 4.18. The highest BCUT2D eigenvalue weighted by Crippen LogP contribution is 2.42. The molecular formula is C18H15N3O4S. The van der Waals surface area contributed by atoms with Gasteiger partial charge >= 0.3 is 0 Å². The van der Waals surface area contributed by atoms with Crippen LogP contribution in [0.5, 0.6) is 5.75 Å². The van der Waals surface area contributed by atoms with Gasteiger partial charge in [-0.1, -0.05) is 0 Å². The first-order valence-electron chi connectivity index (χ1n) is 7.91. The predicted octanol–water partition coefficient (Wildman–Crippen LogP) is 3.47. The van der Waals surface area contributed by atoms with Crippen molar-refractivity contribution in [2.75, 3.05) is 17.7 Å². The number of carbonyl (C=O) groups excluding carboxylic acids is 2. The van der Waals surface area contributed by atoms with Crippen LogP contribution in [0.15, 0.2) is 46.5 Å². The zero-order valence-electron chi connectivity index (χ0n) is 13.8. The lowest BCUT2D eigenvalue weighted by molar-refractivity contribution is -0.116. The number of anilines is 2. The summed E-state index contributed by atoms with van der Waals surface area (Å²) in [5.41, 5.74) is 2.00. The fourth-order valence-electron chi connectivity index (χ4n) is 2.97. The van der Waals surface area contributed by atoms with E-state index in [1.54, 1.807) is 24.4 Å². The van der Waals surface area contributed by atoms with E-state index in [0.29, 0.717) is 23.5 Å². The Balaban J connectivity index is 1.73. The summed E-state index contributed by atoms with van der Waals surface area (Å²) < 4.78 is 10.6. The third-order valence-electron chi connectivity index (χ3n) is 4.15. The highest BCUT2D eigenvalue weighted by molar-refractivity contribution is 7.09.